The summed E-state index contributed by atoms with van der Waals surface area (Å²) in [5.41, 5.74) is 2.25. The molecule has 11 nitrogen and oxygen atoms in total. The maximum absolute atomic E-state index is 13.4. The second-order valence-corrected chi connectivity index (χ2v) is 13.4. The van der Waals surface area contributed by atoms with Gasteiger partial charge >= 0.3 is 0 Å². The Hall–Kier alpha value is -3.73. The number of rotatable bonds is 13. The average molecular weight is 634 g/mol. The first-order valence-electron chi connectivity index (χ1n) is 17.3. The first kappa shape index (κ1) is 33.6. The molecule has 4 N–H and O–H groups in total. The second-order valence-electron chi connectivity index (χ2n) is 13.4. The summed E-state index contributed by atoms with van der Waals surface area (Å²) >= 11 is 0. The molecule has 4 amide bonds. The van der Waals surface area contributed by atoms with Gasteiger partial charge in [0.15, 0.2) is 0 Å². The van der Waals surface area contributed by atoms with Gasteiger partial charge in [0.1, 0.15) is 17.8 Å². The van der Waals surface area contributed by atoms with Gasteiger partial charge in [-0.3, -0.25) is 23.9 Å². The molecule has 46 heavy (non-hydrogen) atoms. The van der Waals surface area contributed by atoms with Gasteiger partial charge in [-0.2, -0.15) is 5.10 Å². The number of carbonyl (C=O) groups is 4. The van der Waals surface area contributed by atoms with Crippen LogP contribution in [0, 0.1) is 11.8 Å². The molecular weight excluding hydrogens is 582 g/mol. The van der Waals surface area contributed by atoms with Crippen LogP contribution < -0.4 is 21.3 Å². The Morgan fingerprint density at radius 1 is 0.891 bits per heavy atom. The quantitative estimate of drug-likeness (QED) is 0.268. The van der Waals surface area contributed by atoms with E-state index in [2.05, 4.69) is 31.3 Å². The Balaban J connectivity index is 1.15. The fourth-order valence-electron chi connectivity index (χ4n) is 7.38. The summed E-state index contributed by atoms with van der Waals surface area (Å²) < 4.78 is 1.51. The molecule has 3 fully saturated rings. The molecule has 0 radical (unpaired) electrons. The van der Waals surface area contributed by atoms with Gasteiger partial charge in [0, 0.05) is 51.8 Å². The predicted molar refractivity (Wildman–Crippen MR) is 176 cm³/mol. The van der Waals surface area contributed by atoms with Gasteiger partial charge in [0.25, 0.3) is 5.91 Å². The van der Waals surface area contributed by atoms with Crippen LogP contribution in [0.15, 0.2) is 36.5 Å². The molecule has 3 aliphatic rings. The zero-order valence-corrected chi connectivity index (χ0v) is 27.4. The molecule has 5 rings (SSSR count). The predicted octanol–water partition coefficient (Wildman–Crippen LogP) is 2.84. The molecule has 3 heterocycles. The smallest absolute Gasteiger partial charge is 0.270 e. The van der Waals surface area contributed by atoms with Crippen LogP contribution in [0.1, 0.15) is 92.7 Å². The third kappa shape index (κ3) is 8.96. The zero-order valence-electron chi connectivity index (χ0n) is 27.4. The van der Waals surface area contributed by atoms with Crippen molar-refractivity contribution in [1.29, 1.82) is 0 Å². The van der Waals surface area contributed by atoms with Gasteiger partial charge < -0.3 is 26.2 Å². The molecule has 2 aromatic rings. The standard InChI is InChI=1S/C35H51N7O4/c1-3-31(43)39-29(33(44)36-22-26-19-28-11-7-8-18-42(28)23-26)20-24-12-14-25(15-13-24)21-37-35(46)32(27-9-5-4-6-10-27)40-34(45)30-16-17-38-41(30)2/h12-17,26-29,32H,3-11,18-23H2,1-2H3,(H,36,44)(H,37,46)(H,39,43)(H,40,45)/t26?,28?,29-,32+/m1/s1. The Labute approximate surface area is 272 Å². The number of nitrogens with one attached hydrogen (secondary N) is 4. The van der Waals surface area contributed by atoms with Crippen molar-refractivity contribution in [3.8, 4) is 0 Å². The van der Waals surface area contributed by atoms with E-state index in [1.54, 1.807) is 26.2 Å². The van der Waals surface area contributed by atoms with E-state index in [9.17, 15) is 19.2 Å². The van der Waals surface area contributed by atoms with E-state index < -0.39 is 12.1 Å². The molecule has 1 saturated carbocycles. The number of piperidine rings is 1. The number of carbonyl (C=O) groups excluding carboxylic acids is 4. The number of aryl methyl sites for hydroxylation is 1. The summed E-state index contributed by atoms with van der Waals surface area (Å²) in [6, 6.07) is 8.78. The second kappa shape index (κ2) is 16.2. The van der Waals surface area contributed by atoms with E-state index in [-0.39, 0.29) is 29.5 Å². The number of amides is 4. The molecule has 0 spiro atoms. The lowest BCUT2D eigenvalue weighted by atomic mass is 9.83. The van der Waals surface area contributed by atoms with Crippen molar-refractivity contribution in [3.05, 3.63) is 53.3 Å². The molecule has 250 valence electrons. The highest BCUT2D eigenvalue weighted by molar-refractivity contribution is 5.96. The fourth-order valence-corrected chi connectivity index (χ4v) is 7.38. The lowest BCUT2D eigenvalue weighted by Crippen LogP contribution is -2.51. The van der Waals surface area contributed by atoms with Gasteiger partial charge in [0.05, 0.1) is 0 Å². The van der Waals surface area contributed by atoms with Crippen molar-refractivity contribution in [2.75, 3.05) is 19.6 Å². The van der Waals surface area contributed by atoms with Crippen LogP contribution in [0.25, 0.3) is 0 Å². The summed E-state index contributed by atoms with van der Waals surface area (Å²) in [5.74, 6) is -0.257. The van der Waals surface area contributed by atoms with E-state index in [0.29, 0.717) is 43.6 Å². The van der Waals surface area contributed by atoms with E-state index in [1.165, 1.54) is 23.9 Å². The van der Waals surface area contributed by atoms with Crippen molar-refractivity contribution in [2.45, 2.75) is 102 Å². The van der Waals surface area contributed by atoms with Crippen LogP contribution in [0.4, 0.5) is 0 Å². The van der Waals surface area contributed by atoms with Crippen molar-refractivity contribution >= 4 is 23.6 Å². The number of aromatic nitrogens is 2. The van der Waals surface area contributed by atoms with Crippen molar-refractivity contribution in [1.82, 2.24) is 35.9 Å². The topological polar surface area (TPSA) is 137 Å². The first-order chi connectivity index (χ1) is 22.3. The van der Waals surface area contributed by atoms with Crippen LogP contribution >= 0.6 is 0 Å². The number of fused-ring (bicyclic) bond motifs is 1. The fraction of sp³-hybridized carbons (Fsp3) is 0.629. The minimum atomic E-state index is -0.652. The maximum Gasteiger partial charge on any atom is 0.270 e. The van der Waals surface area contributed by atoms with Crippen molar-refractivity contribution < 1.29 is 19.2 Å². The van der Waals surface area contributed by atoms with Crippen molar-refractivity contribution in [2.24, 2.45) is 18.9 Å². The molecular formula is C35H51N7O4. The van der Waals surface area contributed by atoms with E-state index in [4.69, 9.17) is 0 Å². The Morgan fingerprint density at radius 2 is 1.63 bits per heavy atom. The molecule has 2 unspecified atom stereocenters. The van der Waals surface area contributed by atoms with Crippen LogP contribution in [-0.4, -0.2) is 76.1 Å². The minimum Gasteiger partial charge on any atom is -0.354 e. The third-order valence-corrected chi connectivity index (χ3v) is 10.1. The average Bonchev–Trinajstić information content (AvgIpc) is 3.71. The van der Waals surface area contributed by atoms with Crippen molar-refractivity contribution in [3.63, 3.8) is 0 Å². The monoisotopic (exact) mass is 633 g/mol. The van der Waals surface area contributed by atoms with Crippen LogP contribution in [0.3, 0.4) is 0 Å². The number of hydrogen-bond acceptors (Lipinski definition) is 6. The highest BCUT2D eigenvalue weighted by Gasteiger charge is 2.34. The molecule has 4 atom stereocenters. The summed E-state index contributed by atoms with van der Waals surface area (Å²) in [6.07, 6.45) is 12.3. The van der Waals surface area contributed by atoms with Gasteiger partial charge in [0.2, 0.25) is 17.7 Å². The summed E-state index contributed by atoms with van der Waals surface area (Å²) in [5, 5.41) is 16.1. The molecule has 11 heteroatoms. The summed E-state index contributed by atoms with van der Waals surface area (Å²) in [4.78, 5) is 54.5. The van der Waals surface area contributed by atoms with Crippen LogP contribution in [0.5, 0.6) is 0 Å². The molecule has 1 aromatic heterocycles. The number of benzene rings is 1. The molecule has 0 bridgehead atoms. The highest BCUT2D eigenvalue weighted by Crippen LogP contribution is 2.30. The van der Waals surface area contributed by atoms with Gasteiger partial charge in [-0.1, -0.05) is 56.9 Å². The number of hydrogen-bond donors (Lipinski definition) is 4. The molecule has 2 saturated heterocycles. The Kier molecular flexibility index (Phi) is 11.8. The normalized spacial score (nSPS) is 21.5. The van der Waals surface area contributed by atoms with Crippen LogP contribution in [0.2, 0.25) is 0 Å². The summed E-state index contributed by atoms with van der Waals surface area (Å²) in [7, 11) is 1.71. The number of nitrogens with zero attached hydrogens (tertiary/aromatic N) is 3. The molecule has 1 aromatic carbocycles. The minimum absolute atomic E-state index is 0.0880. The van der Waals surface area contributed by atoms with Gasteiger partial charge in [-0.15, -0.1) is 0 Å². The maximum atomic E-state index is 13.4. The van der Waals surface area contributed by atoms with E-state index in [1.807, 2.05) is 24.3 Å². The third-order valence-electron chi connectivity index (χ3n) is 10.1. The van der Waals surface area contributed by atoms with E-state index in [0.717, 1.165) is 62.7 Å². The van der Waals surface area contributed by atoms with E-state index >= 15 is 0 Å². The highest BCUT2D eigenvalue weighted by atomic mass is 16.2. The molecule has 2 aliphatic heterocycles. The lowest BCUT2D eigenvalue weighted by molar-refractivity contribution is -0.128. The summed E-state index contributed by atoms with van der Waals surface area (Å²) in [6.45, 7) is 4.93. The Morgan fingerprint density at radius 3 is 2.33 bits per heavy atom. The SMILES string of the molecule is CCC(=O)N[C@H](Cc1ccc(CNC(=O)[C@@H](NC(=O)c2ccnn2C)C2CCCCC2)cc1)C(=O)NCC1CC2CCCCN2C1. The lowest BCUT2D eigenvalue weighted by Gasteiger charge is -2.30. The molecule has 1 aliphatic carbocycles. The first-order valence-corrected chi connectivity index (χ1v) is 17.3. The Bertz CT molecular complexity index is 1320. The van der Waals surface area contributed by atoms with Gasteiger partial charge in [-0.25, -0.2) is 0 Å². The van der Waals surface area contributed by atoms with Gasteiger partial charge in [-0.05, 0) is 67.7 Å². The zero-order chi connectivity index (χ0) is 32.5. The van der Waals surface area contributed by atoms with Crippen LogP contribution in [-0.2, 0) is 34.4 Å². The largest absolute Gasteiger partial charge is 0.354 e.